The summed E-state index contributed by atoms with van der Waals surface area (Å²) in [5.74, 6) is -1.42. The Morgan fingerprint density at radius 2 is 1.59 bits per heavy atom. The molecule has 5 heteroatoms. The SMILES string of the molecule is C[Si](C)(C)c1ccc(C(O)C(O)C(=O)O)cc1. The lowest BCUT2D eigenvalue weighted by molar-refractivity contribution is -0.153. The van der Waals surface area contributed by atoms with Crippen molar-refractivity contribution in [2.45, 2.75) is 31.8 Å². The number of carboxylic acids is 1. The number of aliphatic hydroxyl groups excluding tert-OH is 2. The Kier molecular flexibility index (Phi) is 4.08. The van der Waals surface area contributed by atoms with E-state index in [9.17, 15) is 15.0 Å². The van der Waals surface area contributed by atoms with Gasteiger partial charge in [-0.1, -0.05) is 49.1 Å². The van der Waals surface area contributed by atoms with Gasteiger partial charge in [0.25, 0.3) is 0 Å². The van der Waals surface area contributed by atoms with Crippen LogP contribution in [-0.4, -0.2) is 35.5 Å². The Hall–Kier alpha value is -1.17. The average Bonchev–Trinajstić information content (AvgIpc) is 2.26. The Balaban J connectivity index is 2.92. The maximum Gasteiger partial charge on any atom is 0.335 e. The second-order valence-corrected chi connectivity index (χ2v) is 10.2. The minimum atomic E-state index is -1.78. The van der Waals surface area contributed by atoms with Crippen molar-refractivity contribution >= 4 is 19.2 Å². The van der Waals surface area contributed by atoms with Gasteiger partial charge < -0.3 is 15.3 Å². The van der Waals surface area contributed by atoms with Gasteiger partial charge >= 0.3 is 5.97 Å². The molecule has 2 unspecified atom stereocenters. The zero-order valence-electron chi connectivity index (χ0n) is 10.2. The zero-order chi connectivity index (χ0) is 13.2. The molecule has 94 valence electrons. The molecule has 0 saturated heterocycles. The molecule has 0 spiro atoms. The molecule has 0 bridgehead atoms. The first-order chi connectivity index (χ1) is 7.73. The standard InChI is InChI=1S/C12H18O4Si/c1-17(2,3)9-6-4-8(5-7-9)10(13)11(14)12(15)16/h4-7,10-11,13-14H,1-3H3,(H,15,16). The van der Waals surface area contributed by atoms with Crippen LogP contribution in [0, 0.1) is 0 Å². The Morgan fingerprint density at radius 3 is 1.94 bits per heavy atom. The van der Waals surface area contributed by atoms with Gasteiger partial charge in [0, 0.05) is 0 Å². The van der Waals surface area contributed by atoms with E-state index in [4.69, 9.17) is 5.11 Å². The van der Waals surface area contributed by atoms with Crippen molar-refractivity contribution in [2.24, 2.45) is 0 Å². The second kappa shape index (κ2) is 4.99. The van der Waals surface area contributed by atoms with Gasteiger partial charge in [-0.05, 0) is 5.56 Å². The van der Waals surface area contributed by atoms with Gasteiger partial charge in [0.05, 0.1) is 8.07 Å². The van der Waals surface area contributed by atoms with Gasteiger partial charge in [0.1, 0.15) is 6.10 Å². The van der Waals surface area contributed by atoms with E-state index in [0.717, 1.165) is 0 Å². The summed E-state index contributed by atoms with van der Waals surface area (Å²) < 4.78 is 0. The van der Waals surface area contributed by atoms with Crippen LogP contribution in [0.4, 0.5) is 0 Å². The molecule has 1 aromatic carbocycles. The second-order valence-electron chi connectivity index (χ2n) is 5.10. The van der Waals surface area contributed by atoms with Crippen molar-refractivity contribution in [1.82, 2.24) is 0 Å². The largest absolute Gasteiger partial charge is 0.479 e. The number of carbonyl (C=O) groups is 1. The lowest BCUT2D eigenvalue weighted by Gasteiger charge is -2.19. The van der Waals surface area contributed by atoms with Gasteiger partial charge in [0.2, 0.25) is 0 Å². The van der Waals surface area contributed by atoms with Crippen molar-refractivity contribution < 1.29 is 20.1 Å². The third-order valence-electron chi connectivity index (χ3n) is 2.67. The zero-order valence-corrected chi connectivity index (χ0v) is 11.2. The van der Waals surface area contributed by atoms with Crippen molar-refractivity contribution in [3.63, 3.8) is 0 Å². The molecule has 1 rings (SSSR count). The normalized spacial score (nSPS) is 15.4. The monoisotopic (exact) mass is 254 g/mol. The lowest BCUT2D eigenvalue weighted by atomic mass is 10.0. The average molecular weight is 254 g/mol. The van der Waals surface area contributed by atoms with E-state index >= 15 is 0 Å². The van der Waals surface area contributed by atoms with Gasteiger partial charge in [-0.2, -0.15) is 0 Å². The first kappa shape index (κ1) is 13.9. The van der Waals surface area contributed by atoms with Crippen LogP contribution in [0.2, 0.25) is 19.6 Å². The predicted molar refractivity (Wildman–Crippen MR) is 68.0 cm³/mol. The van der Waals surface area contributed by atoms with Crippen molar-refractivity contribution in [2.75, 3.05) is 0 Å². The van der Waals surface area contributed by atoms with Crippen LogP contribution in [-0.2, 0) is 4.79 Å². The quantitative estimate of drug-likeness (QED) is 0.692. The van der Waals surface area contributed by atoms with Crippen LogP contribution < -0.4 is 5.19 Å². The Morgan fingerprint density at radius 1 is 1.12 bits per heavy atom. The van der Waals surface area contributed by atoms with E-state index in [0.29, 0.717) is 5.56 Å². The van der Waals surface area contributed by atoms with E-state index in [1.54, 1.807) is 12.1 Å². The molecule has 1 aromatic rings. The summed E-state index contributed by atoms with van der Waals surface area (Å²) in [7, 11) is -1.40. The van der Waals surface area contributed by atoms with Crippen molar-refractivity contribution in [3.05, 3.63) is 29.8 Å². The third kappa shape index (κ3) is 3.39. The summed E-state index contributed by atoms with van der Waals surface area (Å²) in [6, 6.07) is 7.12. The highest BCUT2D eigenvalue weighted by atomic mass is 28.3. The molecule has 0 saturated carbocycles. The highest BCUT2D eigenvalue weighted by Crippen LogP contribution is 2.16. The molecular weight excluding hydrogens is 236 g/mol. The van der Waals surface area contributed by atoms with E-state index in [-0.39, 0.29) is 0 Å². The molecule has 0 aliphatic heterocycles. The van der Waals surface area contributed by atoms with Crippen LogP contribution in [0.25, 0.3) is 0 Å². The maximum atomic E-state index is 10.5. The summed E-state index contributed by atoms with van der Waals surface area (Å²) in [6.45, 7) is 6.60. The van der Waals surface area contributed by atoms with E-state index in [1.807, 2.05) is 12.1 Å². The van der Waals surface area contributed by atoms with E-state index < -0.39 is 26.3 Å². The fourth-order valence-corrected chi connectivity index (χ4v) is 2.66. The molecule has 4 nitrogen and oxygen atoms in total. The van der Waals surface area contributed by atoms with Crippen molar-refractivity contribution in [1.29, 1.82) is 0 Å². The fraction of sp³-hybridized carbons (Fsp3) is 0.417. The van der Waals surface area contributed by atoms with Crippen LogP contribution >= 0.6 is 0 Å². The molecule has 0 aliphatic rings. The number of aliphatic hydroxyl groups is 2. The topological polar surface area (TPSA) is 77.8 Å². The fourth-order valence-electron chi connectivity index (χ4n) is 1.50. The predicted octanol–water partition coefficient (Wildman–Crippen LogP) is 0.711. The van der Waals surface area contributed by atoms with Crippen LogP contribution in [0.5, 0.6) is 0 Å². The number of hydrogen-bond donors (Lipinski definition) is 3. The minimum absolute atomic E-state index is 0.418. The van der Waals surface area contributed by atoms with E-state index in [1.165, 1.54) is 5.19 Å². The Labute approximate surface area is 102 Å². The van der Waals surface area contributed by atoms with Crippen LogP contribution in [0.1, 0.15) is 11.7 Å². The summed E-state index contributed by atoms with van der Waals surface area (Å²) in [6.07, 6.45) is -3.17. The molecule has 0 aromatic heterocycles. The minimum Gasteiger partial charge on any atom is -0.479 e. The number of rotatable bonds is 4. The van der Waals surface area contributed by atoms with Gasteiger partial charge in [0.15, 0.2) is 6.10 Å². The first-order valence-corrected chi connectivity index (χ1v) is 8.93. The van der Waals surface area contributed by atoms with E-state index in [2.05, 4.69) is 19.6 Å². The molecule has 0 heterocycles. The summed E-state index contributed by atoms with van der Waals surface area (Å²) in [4.78, 5) is 10.5. The van der Waals surface area contributed by atoms with Crippen molar-refractivity contribution in [3.8, 4) is 0 Å². The highest BCUT2D eigenvalue weighted by molar-refractivity contribution is 6.88. The number of hydrogen-bond acceptors (Lipinski definition) is 3. The molecule has 0 amide bonds. The number of carboxylic acid groups (broad SMARTS) is 1. The van der Waals surface area contributed by atoms with Crippen LogP contribution in [0.3, 0.4) is 0 Å². The third-order valence-corrected chi connectivity index (χ3v) is 4.74. The molecule has 17 heavy (non-hydrogen) atoms. The summed E-state index contributed by atoms with van der Waals surface area (Å²) in [5, 5.41) is 28.7. The first-order valence-electron chi connectivity index (χ1n) is 5.43. The molecule has 3 N–H and O–H groups in total. The molecular formula is C12H18O4Si. The summed E-state index contributed by atoms with van der Waals surface area (Å²) in [5.41, 5.74) is 0.418. The highest BCUT2D eigenvalue weighted by Gasteiger charge is 2.25. The number of aliphatic carboxylic acids is 1. The summed E-state index contributed by atoms with van der Waals surface area (Å²) >= 11 is 0. The smallest absolute Gasteiger partial charge is 0.335 e. The molecule has 0 aliphatic carbocycles. The maximum absolute atomic E-state index is 10.5. The molecule has 0 radical (unpaired) electrons. The van der Waals surface area contributed by atoms with Gasteiger partial charge in [-0.15, -0.1) is 0 Å². The lowest BCUT2D eigenvalue weighted by Crippen LogP contribution is -2.37. The molecule has 2 atom stereocenters. The molecule has 0 fully saturated rings. The van der Waals surface area contributed by atoms with Gasteiger partial charge in [-0.25, -0.2) is 4.79 Å². The van der Waals surface area contributed by atoms with Crippen LogP contribution in [0.15, 0.2) is 24.3 Å². The Bertz CT molecular complexity index is 394. The van der Waals surface area contributed by atoms with Gasteiger partial charge in [-0.3, -0.25) is 0 Å². The number of benzene rings is 1.